The summed E-state index contributed by atoms with van der Waals surface area (Å²) in [6, 6.07) is 6.02. The molecule has 0 fully saturated rings. The van der Waals surface area contributed by atoms with Gasteiger partial charge in [0.05, 0.1) is 10.2 Å². The minimum atomic E-state index is 0.889. The molecular formula is C15H16N4S. The molecule has 0 spiro atoms. The van der Waals surface area contributed by atoms with E-state index in [1.807, 2.05) is 18.3 Å². The molecule has 0 aliphatic carbocycles. The molecule has 0 N–H and O–H groups in total. The van der Waals surface area contributed by atoms with Gasteiger partial charge in [-0.15, -0.1) is 11.3 Å². The van der Waals surface area contributed by atoms with Gasteiger partial charge < -0.3 is 4.90 Å². The van der Waals surface area contributed by atoms with Crippen molar-refractivity contribution < 1.29 is 0 Å². The highest BCUT2D eigenvalue weighted by atomic mass is 32.1. The number of nitrogens with zero attached hydrogens (tertiary/aromatic N) is 4. The lowest BCUT2D eigenvalue weighted by Gasteiger charge is -2.18. The van der Waals surface area contributed by atoms with E-state index >= 15 is 0 Å². The maximum Gasteiger partial charge on any atom is 0.149 e. The Morgan fingerprint density at radius 1 is 1.20 bits per heavy atom. The second kappa shape index (κ2) is 5.54. The third-order valence-electron chi connectivity index (χ3n) is 3.30. The quantitative estimate of drug-likeness (QED) is 0.738. The Kier molecular flexibility index (Phi) is 3.60. The number of thiophene rings is 1. The van der Waals surface area contributed by atoms with Crippen molar-refractivity contribution in [2.24, 2.45) is 0 Å². The molecule has 3 aromatic heterocycles. The zero-order valence-corrected chi connectivity index (χ0v) is 12.4. The van der Waals surface area contributed by atoms with E-state index in [4.69, 9.17) is 0 Å². The standard InChI is InChI=1S/C15H16N4S/c1-11-9-20-14-13(11)17-10-18-15(14)19(2)8-6-12-5-3-4-7-16-12/h3-5,7,9-10H,6,8H2,1-2H3. The van der Waals surface area contributed by atoms with Crippen molar-refractivity contribution in [3.8, 4) is 0 Å². The topological polar surface area (TPSA) is 41.9 Å². The number of hydrogen-bond donors (Lipinski definition) is 0. The Hall–Kier alpha value is -2.01. The van der Waals surface area contributed by atoms with Crippen LogP contribution in [-0.2, 0) is 6.42 Å². The Morgan fingerprint density at radius 2 is 2.10 bits per heavy atom. The lowest BCUT2D eigenvalue weighted by Crippen LogP contribution is -2.21. The number of aryl methyl sites for hydroxylation is 1. The molecule has 20 heavy (non-hydrogen) atoms. The second-order valence-electron chi connectivity index (χ2n) is 4.79. The third kappa shape index (κ3) is 2.49. The largest absolute Gasteiger partial charge is 0.358 e. The maximum atomic E-state index is 4.44. The van der Waals surface area contributed by atoms with Gasteiger partial charge in [0.1, 0.15) is 12.1 Å². The fourth-order valence-corrected chi connectivity index (χ4v) is 3.21. The van der Waals surface area contributed by atoms with Gasteiger partial charge >= 0.3 is 0 Å². The van der Waals surface area contributed by atoms with Crippen LogP contribution >= 0.6 is 11.3 Å². The summed E-state index contributed by atoms with van der Waals surface area (Å²) < 4.78 is 1.16. The molecule has 0 atom stereocenters. The predicted octanol–water partition coefficient (Wildman–Crippen LogP) is 3.07. The van der Waals surface area contributed by atoms with E-state index in [1.165, 1.54) is 5.56 Å². The van der Waals surface area contributed by atoms with Crippen LogP contribution in [0.2, 0.25) is 0 Å². The molecule has 0 aliphatic rings. The number of hydrogen-bond acceptors (Lipinski definition) is 5. The van der Waals surface area contributed by atoms with Crippen LogP contribution in [-0.4, -0.2) is 28.5 Å². The van der Waals surface area contributed by atoms with Crippen LogP contribution in [0.3, 0.4) is 0 Å². The average Bonchev–Trinajstić information content (AvgIpc) is 2.87. The van der Waals surface area contributed by atoms with Gasteiger partial charge in [0.25, 0.3) is 0 Å². The van der Waals surface area contributed by atoms with Gasteiger partial charge in [-0.2, -0.15) is 0 Å². The molecule has 3 aromatic rings. The molecule has 0 saturated heterocycles. The molecule has 0 radical (unpaired) electrons. The fourth-order valence-electron chi connectivity index (χ4n) is 2.16. The summed E-state index contributed by atoms with van der Waals surface area (Å²) in [5.41, 5.74) is 3.38. The normalized spacial score (nSPS) is 10.9. The summed E-state index contributed by atoms with van der Waals surface area (Å²) in [6.07, 6.45) is 4.39. The van der Waals surface area contributed by atoms with Crippen molar-refractivity contribution in [2.75, 3.05) is 18.5 Å². The van der Waals surface area contributed by atoms with E-state index in [1.54, 1.807) is 17.7 Å². The molecule has 0 unspecified atom stereocenters. The maximum absolute atomic E-state index is 4.44. The molecule has 0 aliphatic heterocycles. The average molecular weight is 284 g/mol. The van der Waals surface area contributed by atoms with E-state index in [0.29, 0.717) is 0 Å². The molecular weight excluding hydrogens is 268 g/mol. The van der Waals surface area contributed by atoms with Gasteiger partial charge in [0.2, 0.25) is 0 Å². The minimum absolute atomic E-state index is 0.889. The van der Waals surface area contributed by atoms with Crippen molar-refractivity contribution in [1.29, 1.82) is 0 Å². The van der Waals surface area contributed by atoms with Crippen LogP contribution in [0.15, 0.2) is 36.1 Å². The van der Waals surface area contributed by atoms with E-state index in [0.717, 1.165) is 34.7 Å². The molecule has 3 heterocycles. The van der Waals surface area contributed by atoms with Gasteiger partial charge in [-0.1, -0.05) is 6.07 Å². The first-order valence-corrected chi connectivity index (χ1v) is 7.43. The molecule has 102 valence electrons. The first kappa shape index (κ1) is 13.0. The Labute approximate surface area is 122 Å². The molecule has 0 bridgehead atoms. The molecule has 5 heteroatoms. The lowest BCUT2D eigenvalue weighted by atomic mass is 10.2. The van der Waals surface area contributed by atoms with Gasteiger partial charge in [-0.05, 0) is 30.0 Å². The number of rotatable bonds is 4. The van der Waals surface area contributed by atoms with E-state index in [9.17, 15) is 0 Å². The SMILES string of the molecule is Cc1csc2c(N(C)CCc3ccccn3)ncnc12. The zero-order chi connectivity index (χ0) is 13.9. The van der Waals surface area contributed by atoms with Crippen molar-refractivity contribution in [1.82, 2.24) is 15.0 Å². The van der Waals surface area contributed by atoms with E-state index in [-0.39, 0.29) is 0 Å². The minimum Gasteiger partial charge on any atom is -0.358 e. The van der Waals surface area contributed by atoms with E-state index in [2.05, 4.69) is 45.3 Å². The summed E-state index contributed by atoms with van der Waals surface area (Å²) in [7, 11) is 2.07. The Balaban J connectivity index is 1.80. The van der Waals surface area contributed by atoms with Crippen molar-refractivity contribution in [3.63, 3.8) is 0 Å². The first-order valence-electron chi connectivity index (χ1n) is 6.55. The third-order valence-corrected chi connectivity index (χ3v) is 4.39. The van der Waals surface area contributed by atoms with Crippen LogP contribution in [0.4, 0.5) is 5.82 Å². The van der Waals surface area contributed by atoms with Crippen molar-refractivity contribution >= 4 is 27.4 Å². The number of pyridine rings is 1. The van der Waals surface area contributed by atoms with Gasteiger partial charge in [0.15, 0.2) is 0 Å². The Bertz CT molecular complexity index is 708. The van der Waals surface area contributed by atoms with Gasteiger partial charge in [-0.25, -0.2) is 9.97 Å². The number of anilines is 1. The second-order valence-corrected chi connectivity index (χ2v) is 5.67. The highest BCUT2D eigenvalue weighted by molar-refractivity contribution is 7.18. The van der Waals surface area contributed by atoms with Crippen LogP contribution in [0.25, 0.3) is 10.2 Å². The molecule has 3 rings (SSSR count). The zero-order valence-electron chi connectivity index (χ0n) is 11.6. The van der Waals surface area contributed by atoms with Crippen LogP contribution in [0, 0.1) is 6.92 Å². The van der Waals surface area contributed by atoms with Crippen LogP contribution in [0.1, 0.15) is 11.3 Å². The molecule has 0 aromatic carbocycles. The predicted molar refractivity (Wildman–Crippen MR) is 83.4 cm³/mol. The van der Waals surface area contributed by atoms with E-state index < -0.39 is 0 Å². The number of fused-ring (bicyclic) bond motifs is 1. The summed E-state index contributed by atoms with van der Waals surface area (Å²) in [5, 5.41) is 2.13. The number of aromatic nitrogens is 3. The smallest absolute Gasteiger partial charge is 0.149 e. The van der Waals surface area contributed by atoms with Crippen molar-refractivity contribution in [3.05, 3.63) is 47.4 Å². The first-order chi connectivity index (χ1) is 9.75. The van der Waals surface area contributed by atoms with Crippen molar-refractivity contribution in [2.45, 2.75) is 13.3 Å². The van der Waals surface area contributed by atoms with Crippen LogP contribution in [0.5, 0.6) is 0 Å². The highest BCUT2D eigenvalue weighted by Crippen LogP contribution is 2.30. The Morgan fingerprint density at radius 3 is 2.90 bits per heavy atom. The van der Waals surface area contributed by atoms with Gasteiger partial charge in [-0.3, -0.25) is 4.98 Å². The van der Waals surface area contributed by atoms with Gasteiger partial charge in [0, 0.05) is 31.9 Å². The molecule has 4 nitrogen and oxygen atoms in total. The summed E-state index contributed by atoms with van der Waals surface area (Å²) in [6.45, 7) is 2.98. The lowest BCUT2D eigenvalue weighted by molar-refractivity contribution is 0.841. The molecule has 0 saturated carbocycles. The summed E-state index contributed by atoms with van der Waals surface area (Å²) >= 11 is 1.71. The fraction of sp³-hybridized carbons (Fsp3) is 0.267. The highest BCUT2D eigenvalue weighted by Gasteiger charge is 2.11. The number of likely N-dealkylation sites (N-methyl/N-ethyl adjacent to an activating group) is 1. The van der Waals surface area contributed by atoms with Crippen LogP contribution < -0.4 is 4.90 Å². The summed E-state index contributed by atoms with van der Waals surface area (Å²) in [4.78, 5) is 15.3. The summed E-state index contributed by atoms with van der Waals surface area (Å²) in [5.74, 6) is 1.00. The monoisotopic (exact) mass is 284 g/mol. The molecule has 0 amide bonds.